The van der Waals surface area contributed by atoms with Gasteiger partial charge in [0.15, 0.2) is 0 Å². The Morgan fingerprint density at radius 3 is 2.68 bits per heavy atom. The van der Waals surface area contributed by atoms with Gasteiger partial charge in [-0.3, -0.25) is 0 Å². The molecule has 106 valence electrons. The van der Waals surface area contributed by atoms with Gasteiger partial charge in [-0.05, 0) is 44.8 Å². The van der Waals surface area contributed by atoms with Crippen molar-refractivity contribution in [1.82, 2.24) is 10.6 Å². The molecule has 2 N–H and O–H groups in total. The van der Waals surface area contributed by atoms with Crippen molar-refractivity contribution in [3.8, 4) is 0 Å². The Bertz CT molecular complexity index is 349. The van der Waals surface area contributed by atoms with Crippen molar-refractivity contribution >= 4 is 0 Å². The third kappa shape index (κ3) is 4.94. The van der Waals surface area contributed by atoms with Gasteiger partial charge in [-0.2, -0.15) is 0 Å². The summed E-state index contributed by atoms with van der Waals surface area (Å²) in [5.74, 6) is 0.792. The molecule has 0 saturated heterocycles. The van der Waals surface area contributed by atoms with E-state index in [0.717, 1.165) is 25.6 Å². The summed E-state index contributed by atoms with van der Waals surface area (Å²) in [5.41, 5.74) is 1.27. The molecule has 0 heterocycles. The maximum atomic E-state index is 5.91. The number of hydrogen-bond donors (Lipinski definition) is 2. The average molecular weight is 262 g/mol. The minimum Gasteiger partial charge on any atom is -0.374 e. The molecule has 1 saturated carbocycles. The van der Waals surface area contributed by atoms with Gasteiger partial charge in [-0.1, -0.05) is 30.3 Å². The van der Waals surface area contributed by atoms with Gasteiger partial charge >= 0.3 is 0 Å². The first-order chi connectivity index (χ1) is 9.28. The maximum Gasteiger partial charge on any atom is 0.0720 e. The number of rotatable bonds is 8. The molecule has 0 aliphatic heterocycles. The van der Waals surface area contributed by atoms with E-state index in [1.807, 2.05) is 13.1 Å². The molecule has 0 amide bonds. The smallest absolute Gasteiger partial charge is 0.0720 e. The van der Waals surface area contributed by atoms with E-state index in [1.165, 1.54) is 18.4 Å². The van der Waals surface area contributed by atoms with Crippen LogP contribution >= 0.6 is 0 Å². The van der Waals surface area contributed by atoms with E-state index in [1.54, 1.807) is 0 Å². The van der Waals surface area contributed by atoms with Crippen molar-refractivity contribution in [3.05, 3.63) is 35.9 Å². The number of benzene rings is 1. The Morgan fingerprint density at radius 2 is 2.00 bits per heavy atom. The molecule has 3 heteroatoms. The molecule has 2 rings (SSSR count). The summed E-state index contributed by atoms with van der Waals surface area (Å²) in [6.07, 6.45) is 2.87. The van der Waals surface area contributed by atoms with Gasteiger partial charge in [0.05, 0.1) is 12.7 Å². The van der Waals surface area contributed by atoms with Gasteiger partial charge in [0.1, 0.15) is 0 Å². The van der Waals surface area contributed by atoms with Crippen molar-refractivity contribution in [2.45, 2.75) is 38.5 Å². The zero-order chi connectivity index (χ0) is 13.5. The largest absolute Gasteiger partial charge is 0.374 e. The Kier molecular flexibility index (Phi) is 5.83. The Balaban J connectivity index is 1.54. The zero-order valence-corrected chi connectivity index (χ0v) is 12.1. The molecule has 3 nitrogen and oxygen atoms in total. The molecule has 0 bridgehead atoms. The fraction of sp³-hybridized carbons (Fsp3) is 0.625. The Labute approximate surface area is 116 Å². The van der Waals surface area contributed by atoms with Crippen LogP contribution in [0.2, 0.25) is 0 Å². The summed E-state index contributed by atoms with van der Waals surface area (Å²) in [6.45, 7) is 5.12. The zero-order valence-electron chi connectivity index (χ0n) is 12.1. The van der Waals surface area contributed by atoms with Crippen LogP contribution in [0.4, 0.5) is 0 Å². The lowest BCUT2D eigenvalue weighted by Gasteiger charge is -2.36. The molecule has 0 spiro atoms. The summed E-state index contributed by atoms with van der Waals surface area (Å²) in [6, 6.07) is 11.0. The van der Waals surface area contributed by atoms with Crippen molar-refractivity contribution in [2.24, 2.45) is 5.92 Å². The Hall–Kier alpha value is -0.900. The van der Waals surface area contributed by atoms with Crippen LogP contribution in [0.25, 0.3) is 0 Å². The molecule has 1 aliphatic carbocycles. The van der Waals surface area contributed by atoms with Crippen molar-refractivity contribution in [3.63, 3.8) is 0 Å². The predicted molar refractivity (Wildman–Crippen MR) is 79.1 cm³/mol. The van der Waals surface area contributed by atoms with Gasteiger partial charge in [0.25, 0.3) is 0 Å². The molecule has 1 aromatic carbocycles. The van der Waals surface area contributed by atoms with Crippen molar-refractivity contribution in [1.29, 1.82) is 0 Å². The molecule has 0 radical (unpaired) electrons. The second-order valence-electron chi connectivity index (χ2n) is 5.62. The summed E-state index contributed by atoms with van der Waals surface area (Å²) >= 11 is 0. The predicted octanol–water partition coefficient (Wildman–Crippen LogP) is 2.18. The second kappa shape index (κ2) is 7.63. The van der Waals surface area contributed by atoms with Crippen LogP contribution < -0.4 is 10.6 Å². The van der Waals surface area contributed by atoms with E-state index < -0.39 is 0 Å². The molecular formula is C16H26N2O. The summed E-state index contributed by atoms with van der Waals surface area (Å²) < 4.78 is 5.91. The van der Waals surface area contributed by atoms with Crippen molar-refractivity contribution < 1.29 is 4.74 Å². The number of hydrogen-bond acceptors (Lipinski definition) is 3. The normalized spacial score (nSPS) is 23.9. The fourth-order valence-corrected chi connectivity index (χ4v) is 2.51. The highest BCUT2D eigenvalue weighted by Gasteiger charge is 2.29. The summed E-state index contributed by atoms with van der Waals surface area (Å²) in [7, 11) is 2.00. The first-order valence-electron chi connectivity index (χ1n) is 7.31. The van der Waals surface area contributed by atoms with Crippen LogP contribution in [0.1, 0.15) is 25.3 Å². The number of ether oxygens (including phenoxy) is 1. The SMILES string of the molecule is CNCC(C)NCC1CC(OCc2ccccc2)C1. The van der Waals surface area contributed by atoms with E-state index in [2.05, 4.69) is 41.8 Å². The monoisotopic (exact) mass is 262 g/mol. The first kappa shape index (κ1) is 14.5. The van der Waals surface area contributed by atoms with Crippen LogP contribution in [0.5, 0.6) is 0 Å². The van der Waals surface area contributed by atoms with Crippen LogP contribution in [0.3, 0.4) is 0 Å². The molecule has 19 heavy (non-hydrogen) atoms. The molecule has 1 unspecified atom stereocenters. The lowest BCUT2D eigenvalue weighted by molar-refractivity contribution is -0.0399. The van der Waals surface area contributed by atoms with Crippen LogP contribution in [0, 0.1) is 5.92 Å². The fourth-order valence-electron chi connectivity index (χ4n) is 2.51. The topological polar surface area (TPSA) is 33.3 Å². The van der Waals surface area contributed by atoms with E-state index >= 15 is 0 Å². The molecule has 0 aromatic heterocycles. The van der Waals surface area contributed by atoms with E-state index in [9.17, 15) is 0 Å². The van der Waals surface area contributed by atoms with E-state index in [4.69, 9.17) is 4.74 Å². The highest BCUT2D eigenvalue weighted by Crippen LogP contribution is 2.30. The van der Waals surface area contributed by atoms with Gasteiger partial charge in [-0.25, -0.2) is 0 Å². The quantitative estimate of drug-likeness (QED) is 0.753. The van der Waals surface area contributed by atoms with Crippen LogP contribution in [-0.2, 0) is 11.3 Å². The lowest BCUT2D eigenvalue weighted by atomic mass is 9.82. The van der Waals surface area contributed by atoms with E-state index in [-0.39, 0.29) is 0 Å². The second-order valence-corrected chi connectivity index (χ2v) is 5.62. The Morgan fingerprint density at radius 1 is 1.26 bits per heavy atom. The third-order valence-electron chi connectivity index (χ3n) is 3.79. The third-order valence-corrected chi connectivity index (χ3v) is 3.79. The minimum atomic E-state index is 0.464. The first-order valence-corrected chi connectivity index (χ1v) is 7.31. The summed E-state index contributed by atoms with van der Waals surface area (Å²) in [5, 5.41) is 6.75. The van der Waals surface area contributed by atoms with Crippen molar-refractivity contribution in [2.75, 3.05) is 20.1 Å². The minimum absolute atomic E-state index is 0.464. The maximum absolute atomic E-state index is 5.91. The standard InChI is InChI=1S/C16H26N2O/c1-13(10-17-2)18-11-15-8-16(9-15)19-12-14-6-4-3-5-7-14/h3-7,13,15-18H,8-12H2,1-2H3. The van der Waals surface area contributed by atoms with Gasteiger partial charge in [-0.15, -0.1) is 0 Å². The van der Waals surface area contributed by atoms with Gasteiger partial charge in [0, 0.05) is 12.6 Å². The molecular weight excluding hydrogens is 236 g/mol. The molecule has 1 aliphatic rings. The van der Waals surface area contributed by atoms with Crippen LogP contribution in [0.15, 0.2) is 30.3 Å². The van der Waals surface area contributed by atoms with Crippen LogP contribution in [-0.4, -0.2) is 32.3 Å². The number of nitrogens with one attached hydrogen (secondary N) is 2. The molecule has 1 atom stereocenters. The summed E-state index contributed by atoms with van der Waals surface area (Å²) in [4.78, 5) is 0. The highest BCUT2D eigenvalue weighted by molar-refractivity contribution is 5.13. The lowest BCUT2D eigenvalue weighted by Crippen LogP contribution is -2.43. The highest BCUT2D eigenvalue weighted by atomic mass is 16.5. The molecule has 1 aromatic rings. The van der Waals surface area contributed by atoms with Gasteiger partial charge < -0.3 is 15.4 Å². The average Bonchev–Trinajstić information content (AvgIpc) is 2.38. The van der Waals surface area contributed by atoms with Gasteiger partial charge in [0.2, 0.25) is 0 Å². The van der Waals surface area contributed by atoms with E-state index in [0.29, 0.717) is 12.1 Å². The molecule has 1 fully saturated rings. The number of likely N-dealkylation sites (N-methyl/N-ethyl adjacent to an activating group) is 1.